The molecule has 0 radical (unpaired) electrons. The highest BCUT2D eigenvalue weighted by Crippen LogP contribution is 2.37. The Labute approximate surface area is 142 Å². The quantitative estimate of drug-likeness (QED) is 0.648. The van der Waals surface area contributed by atoms with Crippen LogP contribution in [-0.4, -0.2) is 68.3 Å². The molecule has 138 valence electrons. The van der Waals surface area contributed by atoms with Crippen molar-refractivity contribution in [1.82, 2.24) is 10.6 Å². The van der Waals surface area contributed by atoms with Crippen molar-refractivity contribution < 1.29 is 28.8 Å². The second kappa shape index (κ2) is 8.44. The van der Waals surface area contributed by atoms with E-state index in [2.05, 4.69) is 10.6 Å². The van der Waals surface area contributed by atoms with Gasteiger partial charge in [0, 0.05) is 25.8 Å². The molecule has 2 amide bonds. The van der Waals surface area contributed by atoms with E-state index < -0.39 is 11.8 Å². The molecule has 3 aliphatic rings. The van der Waals surface area contributed by atoms with Crippen LogP contribution in [0.3, 0.4) is 0 Å². The van der Waals surface area contributed by atoms with Crippen molar-refractivity contribution in [1.29, 1.82) is 0 Å². The normalized spacial score (nSPS) is 28.1. The summed E-state index contributed by atoms with van der Waals surface area (Å²) in [5.74, 6) is -0.425. The Kier molecular flexibility index (Phi) is 6.29. The standard InChI is InChI=1S/C16H28N2O6/c19-10-12(8-14-21-6-7-22-14)18-15(20)17-9-13-11-23-16(24-13)4-2-1-3-5-16/h12-14,19H,1-11H2,(H2,17,18,20). The minimum Gasteiger partial charge on any atom is -0.394 e. The van der Waals surface area contributed by atoms with E-state index in [0.29, 0.717) is 32.8 Å². The molecule has 3 N–H and O–H groups in total. The Balaban J connectivity index is 1.35. The number of amides is 2. The Morgan fingerprint density at radius 2 is 1.96 bits per heavy atom. The molecule has 2 aliphatic heterocycles. The van der Waals surface area contributed by atoms with E-state index in [1.54, 1.807) is 0 Å². The van der Waals surface area contributed by atoms with Crippen molar-refractivity contribution >= 4 is 6.03 Å². The van der Waals surface area contributed by atoms with Gasteiger partial charge >= 0.3 is 6.03 Å². The van der Waals surface area contributed by atoms with Gasteiger partial charge in [-0.25, -0.2) is 4.79 Å². The summed E-state index contributed by atoms with van der Waals surface area (Å²) in [5.41, 5.74) is 0. The number of aliphatic hydroxyl groups excluding tert-OH is 1. The summed E-state index contributed by atoms with van der Waals surface area (Å²) >= 11 is 0. The lowest BCUT2D eigenvalue weighted by atomic mass is 9.94. The molecule has 2 heterocycles. The van der Waals surface area contributed by atoms with E-state index in [9.17, 15) is 9.90 Å². The third-order valence-electron chi connectivity index (χ3n) is 4.74. The molecule has 0 bridgehead atoms. The Morgan fingerprint density at radius 1 is 1.21 bits per heavy atom. The third-order valence-corrected chi connectivity index (χ3v) is 4.74. The molecular weight excluding hydrogens is 316 g/mol. The lowest BCUT2D eigenvalue weighted by molar-refractivity contribution is -0.186. The van der Waals surface area contributed by atoms with Gasteiger partial charge in [0.15, 0.2) is 12.1 Å². The van der Waals surface area contributed by atoms with Crippen molar-refractivity contribution in [2.45, 2.75) is 62.7 Å². The highest BCUT2D eigenvalue weighted by atomic mass is 16.7. The lowest BCUT2D eigenvalue weighted by Crippen LogP contribution is -2.47. The van der Waals surface area contributed by atoms with Gasteiger partial charge in [0.25, 0.3) is 0 Å². The number of urea groups is 1. The molecule has 3 rings (SSSR count). The number of carbonyl (C=O) groups is 1. The lowest BCUT2D eigenvalue weighted by Gasteiger charge is -2.31. The van der Waals surface area contributed by atoms with Crippen LogP contribution in [-0.2, 0) is 18.9 Å². The van der Waals surface area contributed by atoms with Crippen LogP contribution in [0.2, 0.25) is 0 Å². The zero-order chi connectivity index (χ0) is 16.8. The van der Waals surface area contributed by atoms with Crippen molar-refractivity contribution in [2.24, 2.45) is 0 Å². The maximum absolute atomic E-state index is 12.0. The molecule has 1 spiro atoms. The molecule has 2 saturated heterocycles. The average Bonchev–Trinajstić information content (AvgIpc) is 3.23. The van der Waals surface area contributed by atoms with Crippen molar-refractivity contribution in [2.75, 3.05) is 33.0 Å². The van der Waals surface area contributed by atoms with Crippen molar-refractivity contribution in [3.05, 3.63) is 0 Å². The first kappa shape index (κ1) is 17.9. The summed E-state index contributed by atoms with van der Waals surface area (Å²) < 4.78 is 22.5. The van der Waals surface area contributed by atoms with Gasteiger partial charge in [-0.2, -0.15) is 0 Å². The van der Waals surface area contributed by atoms with Crippen LogP contribution >= 0.6 is 0 Å². The van der Waals surface area contributed by atoms with Crippen LogP contribution < -0.4 is 10.6 Å². The highest BCUT2D eigenvalue weighted by molar-refractivity contribution is 5.74. The molecule has 3 fully saturated rings. The van der Waals surface area contributed by atoms with Gasteiger partial charge < -0.3 is 34.7 Å². The number of nitrogens with one attached hydrogen (secondary N) is 2. The van der Waals surface area contributed by atoms with Crippen LogP contribution in [0.15, 0.2) is 0 Å². The van der Waals surface area contributed by atoms with Crippen LogP contribution in [0.4, 0.5) is 4.79 Å². The predicted octanol–water partition coefficient (Wildman–Crippen LogP) is 0.485. The summed E-state index contributed by atoms with van der Waals surface area (Å²) in [5, 5.41) is 14.9. The van der Waals surface area contributed by atoms with E-state index in [-0.39, 0.29) is 25.0 Å². The first-order valence-electron chi connectivity index (χ1n) is 8.89. The van der Waals surface area contributed by atoms with E-state index in [1.807, 2.05) is 0 Å². The van der Waals surface area contributed by atoms with Crippen molar-refractivity contribution in [3.8, 4) is 0 Å². The molecule has 0 aromatic carbocycles. The topological polar surface area (TPSA) is 98.3 Å². The Bertz CT molecular complexity index is 409. The molecular formula is C16H28N2O6. The van der Waals surface area contributed by atoms with Gasteiger partial charge in [-0.15, -0.1) is 0 Å². The number of rotatable bonds is 6. The SMILES string of the molecule is O=C(NCC1COC2(CCCCC2)O1)NC(CO)CC1OCCO1. The van der Waals surface area contributed by atoms with Crippen molar-refractivity contribution in [3.63, 3.8) is 0 Å². The van der Waals surface area contributed by atoms with E-state index >= 15 is 0 Å². The maximum atomic E-state index is 12.0. The number of hydrogen-bond donors (Lipinski definition) is 3. The van der Waals surface area contributed by atoms with Gasteiger partial charge in [-0.1, -0.05) is 6.42 Å². The molecule has 1 aliphatic carbocycles. The fraction of sp³-hybridized carbons (Fsp3) is 0.938. The second-order valence-corrected chi connectivity index (χ2v) is 6.66. The summed E-state index contributed by atoms with van der Waals surface area (Å²) in [4.78, 5) is 12.0. The zero-order valence-corrected chi connectivity index (χ0v) is 14.0. The van der Waals surface area contributed by atoms with Crippen LogP contribution in [0.1, 0.15) is 38.5 Å². The predicted molar refractivity (Wildman–Crippen MR) is 84.4 cm³/mol. The monoisotopic (exact) mass is 344 g/mol. The molecule has 0 aromatic rings. The molecule has 8 heteroatoms. The summed E-state index contributed by atoms with van der Waals surface area (Å²) in [7, 11) is 0. The number of carbonyl (C=O) groups excluding carboxylic acids is 1. The fourth-order valence-electron chi connectivity index (χ4n) is 3.47. The maximum Gasteiger partial charge on any atom is 0.315 e. The van der Waals surface area contributed by atoms with E-state index in [1.165, 1.54) is 6.42 Å². The Hall–Kier alpha value is -0.930. The van der Waals surface area contributed by atoms with Gasteiger partial charge in [-0.05, 0) is 12.8 Å². The number of hydrogen-bond acceptors (Lipinski definition) is 6. The highest BCUT2D eigenvalue weighted by Gasteiger charge is 2.42. The zero-order valence-electron chi connectivity index (χ0n) is 14.0. The van der Waals surface area contributed by atoms with Gasteiger partial charge in [0.2, 0.25) is 0 Å². The molecule has 2 unspecified atom stereocenters. The molecule has 0 aromatic heterocycles. The first-order valence-corrected chi connectivity index (χ1v) is 8.89. The van der Waals surface area contributed by atoms with Crippen LogP contribution in [0.25, 0.3) is 0 Å². The first-order chi connectivity index (χ1) is 11.7. The van der Waals surface area contributed by atoms with Gasteiger partial charge in [0.1, 0.15) is 6.10 Å². The number of aliphatic hydroxyl groups is 1. The van der Waals surface area contributed by atoms with E-state index in [0.717, 1.165) is 25.7 Å². The smallest absolute Gasteiger partial charge is 0.315 e. The van der Waals surface area contributed by atoms with Crippen LogP contribution in [0, 0.1) is 0 Å². The summed E-state index contributed by atoms with van der Waals surface area (Å²) in [6.45, 7) is 1.84. The number of ether oxygens (including phenoxy) is 4. The minimum atomic E-state index is -0.425. The summed E-state index contributed by atoms with van der Waals surface area (Å²) in [6.07, 6.45) is 5.30. The van der Waals surface area contributed by atoms with E-state index in [4.69, 9.17) is 18.9 Å². The largest absolute Gasteiger partial charge is 0.394 e. The average molecular weight is 344 g/mol. The van der Waals surface area contributed by atoms with Crippen LogP contribution in [0.5, 0.6) is 0 Å². The third kappa shape index (κ3) is 4.80. The second-order valence-electron chi connectivity index (χ2n) is 6.66. The minimum absolute atomic E-state index is 0.122. The molecule has 8 nitrogen and oxygen atoms in total. The molecule has 24 heavy (non-hydrogen) atoms. The summed E-state index contributed by atoms with van der Waals surface area (Å²) in [6, 6.07) is -0.737. The molecule has 1 saturated carbocycles. The fourth-order valence-corrected chi connectivity index (χ4v) is 3.47. The van der Waals surface area contributed by atoms with Gasteiger partial charge in [-0.3, -0.25) is 0 Å². The van der Waals surface area contributed by atoms with Gasteiger partial charge in [0.05, 0.1) is 32.5 Å². The Morgan fingerprint density at radius 3 is 2.67 bits per heavy atom. The molecule has 2 atom stereocenters.